The fraction of sp³-hybridized carbons (Fsp3) is 0.400. The van der Waals surface area contributed by atoms with Crippen molar-refractivity contribution in [1.82, 2.24) is 15.2 Å². The number of benzene rings is 2. The average Bonchev–Trinajstić information content (AvgIpc) is 3.14. The Morgan fingerprint density at radius 1 is 1.00 bits per heavy atom. The van der Waals surface area contributed by atoms with Gasteiger partial charge in [-0.2, -0.15) is 0 Å². The quantitative estimate of drug-likeness (QED) is 0.501. The van der Waals surface area contributed by atoms with Crippen LogP contribution in [-0.4, -0.2) is 29.5 Å². The molecule has 1 fully saturated rings. The lowest BCUT2D eigenvalue weighted by Gasteiger charge is -2.32. The number of nitrogens with zero attached hydrogens (tertiary/aromatic N) is 2. The molecule has 0 bridgehead atoms. The van der Waals surface area contributed by atoms with E-state index >= 15 is 0 Å². The zero-order chi connectivity index (χ0) is 19.9. The Bertz CT molecular complexity index is 868. The molecule has 2 aromatic carbocycles. The van der Waals surface area contributed by atoms with E-state index in [-0.39, 0.29) is 0 Å². The predicted molar refractivity (Wildman–Crippen MR) is 123 cm³/mol. The Morgan fingerprint density at radius 3 is 2.41 bits per heavy atom. The monoisotopic (exact) mass is 405 g/mol. The van der Waals surface area contributed by atoms with Crippen molar-refractivity contribution >= 4 is 11.3 Å². The predicted octanol–water partition coefficient (Wildman–Crippen LogP) is 5.51. The van der Waals surface area contributed by atoms with Crippen LogP contribution in [0.4, 0.5) is 0 Å². The molecule has 4 heteroatoms. The lowest BCUT2D eigenvalue weighted by Crippen LogP contribution is -2.34. The van der Waals surface area contributed by atoms with Crippen LogP contribution in [-0.2, 0) is 13.1 Å². The van der Waals surface area contributed by atoms with E-state index in [4.69, 9.17) is 4.98 Å². The highest BCUT2D eigenvalue weighted by Gasteiger charge is 2.19. The van der Waals surface area contributed by atoms with E-state index in [1.165, 1.54) is 53.4 Å². The summed E-state index contributed by atoms with van der Waals surface area (Å²) >= 11 is 1.82. The minimum Gasteiger partial charge on any atom is -0.310 e. The number of aromatic nitrogens is 1. The van der Waals surface area contributed by atoms with Gasteiger partial charge in [-0.05, 0) is 57.3 Å². The van der Waals surface area contributed by atoms with Crippen LogP contribution in [0.1, 0.15) is 34.7 Å². The first kappa shape index (κ1) is 20.3. The van der Waals surface area contributed by atoms with Gasteiger partial charge in [-0.1, -0.05) is 60.7 Å². The lowest BCUT2D eigenvalue weighted by molar-refractivity contribution is 0.172. The molecule has 1 saturated heterocycles. The minimum absolute atomic E-state index is 0.854. The summed E-state index contributed by atoms with van der Waals surface area (Å²) < 4.78 is 0. The number of thiazole rings is 1. The molecule has 1 aliphatic rings. The van der Waals surface area contributed by atoms with Gasteiger partial charge < -0.3 is 5.32 Å². The van der Waals surface area contributed by atoms with Crippen molar-refractivity contribution in [2.75, 3.05) is 19.6 Å². The Hall–Kier alpha value is -2.01. The maximum atomic E-state index is 4.86. The Morgan fingerprint density at radius 2 is 1.69 bits per heavy atom. The van der Waals surface area contributed by atoms with Crippen molar-refractivity contribution in [2.45, 2.75) is 39.3 Å². The fourth-order valence-electron chi connectivity index (χ4n) is 4.17. The van der Waals surface area contributed by atoms with Crippen LogP contribution in [0.5, 0.6) is 0 Å². The second-order valence-electron chi connectivity index (χ2n) is 8.05. The lowest BCUT2D eigenvalue weighted by atomic mass is 9.93. The Kier molecular flexibility index (Phi) is 7.09. The molecule has 1 aromatic heterocycles. The maximum absolute atomic E-state index is 4.86. The number of rotatable bonds is 8. The van der Waals surface area contributed by atoms with Crippen LogP contribution in [0, 0.1) is 12.8 Å². The molecule has 2 heterocycles. The summed E-state index contributed by atoms with van der Waals surface area (Å²) in [7, 11) is 0. The number of nitrogens with one attached hydrogen (secondary N) is 1. The van der Waals surface area contributed by atoms with Crippen molar-refractivity contribution < 1.29 is 0 Å². The number of hydrogen-bond donors (Lipinski definition) is 1. The van der Waals surface area contributed by atoms with Gasteiger partial charge in [0.25, 0.3) is 0 Å². The van der Waals surface area contributed by atoms with Crippen molar-refractivity contribution in [3.05, 3.63) is 76.1 Å². The highest BCUT2D eigenvalue weighted by Crippen LogP contribution is 2.27. The molecule has 152 valence electrons. The number of likely N-dealkylation sites (tertiary alicyclic amines) is 1. The van der Waals surface area contributed by atoms with Crippen LogP contribution in [0.3, 0.4) is 0 Å². The molecule has 0 amide bonds. The number of aryl methyl sites for hydroxylation is 1. The molecule has 4 rings (SSSR count). The third-order valence-corrected chi connectivity index (χ3v) is 6.82. The molecule has 0 saturated carbocycles. The normalized spacial score (nSPS) is 15.6. The second-order valence-corrected chi connectivity index (χ2v) is 9.34. The Balaban J connectivity index is 1.16. The molecule has 0 unspecified atom stereocenters. The third kappa shape index (κ3) is 5.75. The average molecular weight is 406 g/mol. The standard InChI is InChI=1S/C25H31N3S/c1-20-25(23-10-6-3-7-11-23)27-24(29-20)18-26-15-12-21-13-16-28(17-14-21)19-22-8-4-2-5-9-22/h2-11,21,26H,12-19H2,1H3. The second kappa shape index (κ2) is 10.1. The number of piperidine rings is 1. The van der Waals surface area contributed by atoms with E-state index in [1.54, 1.807) is 0 Å². The summed E-state index contributed by atoms with van der Waals surface area (Å²) in [6, 6.07) is 21.3. The van der Waals surface area contributed by atoms with Gasteiger partial charge in [-0.25, -0.2) is 4.98 Å². The SMILES string of the molecule is Cc1sc(CNCCC2CCN(Cc3ccccc3)CC2)nc1-c1ccccc1. The van der Waals surface area contributed by atoms with E-state index in [9.17, 15) is 0 Å². The molecular formula is C25H31N3S. The fourth-order valence-corrected chi connectivity index (χ4v) is 5.09. The van der Waals surface area contributed by atoms with E-state index < -0.39 is 0 Å². The van der Waals surface area contributed by atoms with Gasteiger partial charge in [-0.3, -0.25) is 4.90 Å². The smallest absolute Gasteiger partial charge is 0.107 e. The Labute approximate surface area is 178 Å². The molecular weight excluding hydrogens is 374 g/mol. The molecule has 0 atom stereocenters. The zero-order valence-corrected chi connectivity index (χ0v) is 18.1. The van der Waals surface area contributed by atoms with E-state index in [2.05, 4.69) is 77.8 Å². The van der Waals surface area contributed by atoms with E-state index in [0.717, 1.165) is 31.2 Å². The molecule has 0 spiro atoms. The molecule has 0 radical (unpaired) electrons. The van der Waals surface area contributed by atoms with Crippen LogP contribution in [0.2, 0.25) is 0 Å². The van der Waals surface area contributed by atoms with Gasteiger partial charge in [0.2, 0.25) is 0 Å². The molecule has 1 aliphatic heterocycles. The first-order chi connectivity index (χ1) is 14.3. The van der Waals surface area contributed by atoms with Crippen LogP contribution < -0.4 is 5.32 Å². The summed E-state index contributed by atoms with van der Waals surface area (Å²) in [5, 5.41) is 4.82. The van der Waals surface area contributed by atoms with Crippen molar-refractivity contribution in [3.8, 4) is 11.3 Å². The van der Waals surface area contributed by atoms with Crippen molar-refractivity contribution in [1.29, 1.82) is 0 Å². The highest BCUT2D eigenvalue weighted by molar-refractivity contribution is 7.12. The van der Waals surface area contributed by atoms with Gasteiger partial charge in [0.05, 0.1) is 5.69 Å². The van der Waals surface area contributed by atoms with Crippen LogP contribution in [0.15, 0.2) is 60.7 Å². The van der Waals surface area contributed by atoms with Gasteiger partial charge in [0.1, 0.15) is 5.01 Å². The molecule has 0 aliphatic carbocycles. The summed E-state index contributed by atoms with van der Waals surface area (Å²) in [5.41, 5.74) is 3.79. The van der Waals surface area contributed by atoms with Gasteiger partial charge in [-0.15, -0.1) is 11.3 Å². The number of hydrogen-bond acceptors (Lipinski definition) is 4. The van der Waals surface area contributed by atoms with Crippen LogP contribution >= 0.6 is 11.3 Å². The first-order valence-corrected chi connectivity index (χ1v) is 11.6. The van der Waals surface area contributed by atoms with Gasteiger partial charge in [0.15, 0.2) is 0 Å². The van der Waals surface area contributed by atoms with Crippen molar-refractivity contribution in [3.63, 3.8) is 0 Å². The topological polar surface area (TPSA) is 28.2 Å². The largest absolute Gasteiger partial charge is 0.310 e. The summed E-state index contributed by atoms with van der Waals surface area (Å²) in [6.45, 7) is 7.69. The van der Waals surface area contributed by atoms with Crippen molar-refractivity contribution in [2.24, 2.45) is 5.92 Å². The molecule has 3 nitrogen and oxygen atoms in total. The van der Waals surface area contributed by atoms with Gasteiger partial charge >= 0.3 is 0 Å². The summed E-state index contributed by atoms with van der Waals surface area (Å²) in [4.78, 5) is 8.77. The molecule has 1 N–H and O–H groups in total. The third-order valence-electron chi connectivity index (χ3n) is 5.85. The minimum atomic E-state index is 0.854. The molecule has 3 aromatic rings. The van der Waals surface area contributed by atoms with E-state index in [0.29, 0.717) is 0 Å². The van der Waals surface area contributed by atoms with E-state index in [1.807, 2.05) is 11.3 Å². The van der Waals surface area contributed by atoms with Gasteiger partial charge in [0, 0.05) is 23.5 Å². The van der Waals surface area contributed by atoms with Crippen LogP contribution in [0.25, 0.3) is 11.3 Å². The molecule has 29 heavy (non-hydrogen) atoms. The zero-order valence-electron chi connectivity index (χ0n) is 17.3. The summed E-state index contributed by atoms with van der Waals surface area (Å²) in [6.07, 6.45) is 3.92. The highest BCUT2D eigenvalue weighted by atomic mass is 32.1. The maximum Gasteiger partial charge on any atom is 0.107 e. The summed E-state index contributed by atoms with van der Waals surface area (Å²) in [5.74, 6) is 0.854. The first-order valence-electron chi connectivity index (χ1n) is 10.8.